The number of hydrogen-bond acceptors (Lipinski definition) is 4. The first-order chi connectivity index (χ1) is 15.1. The molecule has 0 bridgehead atoms. The molecule has 4 nitrogen and oxygen atoms in total. The molecule has 31 heavy (non-hydrogen) atoms. The van der Waals surface area contributed by atoms with E-state index in [-0.39, 0.29) is 17.2 Å². The maximum absolute atomic E-state index is 12.9. The van der Waals surface area contributed by atoms with Crippen LogP contribution >= 0.6 is 0 Å². The monoisotopic (exact) mass is 428 g/mol. The standard InChI is InChI=1S/C27H40O4/c1-5-9-12-17-23(18-13-10-6-2)31-27(29)25-20-15-14-19-24(25)26(28)30-21-22(8-4)16-11-7-3/h5,9,12,14-15,19-20,22-23H,1,6-8,10-11,13,16-18,21H2,2-4H3/b12-9+. The van der Waals surface area contributed by atoms with E-state index < -0.39 is 11.9 Å². The quantitative estimate of drug-likeness (QED) is 0.157. The molecule has 0 aliphatic carbocycles. The zero-order valence-electron chi connectivity index (χ0n) is 19.6. The molecule has 0 saturated heterocycles. The van der Waals surface area contributed by atoms with E-state index in [2.05, 4.69) is 27.4 Å². The highest BCUT2D eigenvalue weighted by atomic mass is 16.5. The maximum atomic E-state index is 12.9. The Kier molecular flexibility index (Phi) is 14.1. The van der Waals surface area contributed by atoms with Crippen molar-refractivity contribution in [3.63, 3.8) is 0 Å². The van der Waals surface area contributed by atoms with Crippen LogP contribution in [-0.2, 0) is 9.47 Å². The third-order valence-electron chi connectivity index (χ3n) is 5.43. The molecule has 2 atom stereocenters. The molecule has 0 heterocycles. The van der Waals surface area contributed by atoms with Crippen LogP contribution in [0.5, 0.6) is 0 Å². The average Bonchev–Trinajstić information content (AvgIpc) is 2.79. The van der Waals surface area contributed by atoms with E-state index in [1.807, 2.05) is 12.2 Å². The fourth-order valence-corrected chi connectivity index (χ4v) is 3.40. The highest BCUT2D eigenvalue weighted by Gasteiger charge is 2.22. The normalized spacial score (nSPS) is 13.0. The number of unbranched alkanes of at least 4 members (excludes halogenated alkanes) is 3. The second kappa shape index (κ2) is 16.3. The third kappa shape index (κ3) is 10.5. The zero-order valence-corrected chi connectivity index (χ0v) is 19.6. The van der Waals surface area contributed by atoms with Gasteiger partial charge in [0, 0.05) is 6.42 Å². The number of rotatable bonds is 16. The van der Waals surface area contributed by atoms with Gasteiger partial charge >= 0.3 is 11.9 Å². The molecule has 1 aromatic rings. The summed E-state index contributed by atoms with van der Waals surface area (Å²) in [5, 5.41) is 0. The molecule has 1 aromatic carbocycles. The molecule has 0 aromatic heterocycles. The Bertz CT molecular complexity index is 692. The first-order valence-corrected chi connectivity index (χ1v) is 11.8. The number of carbonyl (C=O) groups excluding carboxylic acids is 2. The van der Waals surface area contributed by atoms with Crippen LogP contribution in [0, 0.1) is 5.92 Å². The van der Waals surface area contributed by atoms with Crippen LogP contribution in [0.15, 0.2) is 49.1 Å². The van der Waals surface area contributed by atoms with Gasteiger partial charge in [-0.2, -0.15) is 0 Å². The van der Waals surface area contributed by atoms with Gasteiger partial charge in [-0.1, -0.05) is 89.8 Å². The fourth-order valence-electron chi connectivity index (χ4n) is 3.40. The number of benzene rings is 1. The molecular formula is C27H40O4. The molecule has 2 unspecified atom stereocenters. The Morgan fingerprint density at radius 1 is 0.968 bits per heavy atom. The predicted molar refractivity (Wildman–Crippen MR) is 127 cm³/mol. The van der Waals surface area contributed by atoms with Gasteiger partial charge in [0.2, 0.25) is 0 Å². The minimum Gasteiger partial charge on any atom is -0.462 e. The van der Waals surface area contributed by atoms with Gasteiger partial charge in [0.05, 0.1) is 17.7 Å². The van der Waals surface area contributed by atoms with E-state index in [0.717, 1.165) is 51.4 Å². The van der Waals surface area contributed by atoms with Crippen LogP contribution in [0.4, 0.5) is 0 Å². The average molecular weight is 429 g/mol. The Balaban J connectivity index is 2.83. The summed E-state index contributed by atoms with van der Waals surface area (Å²) in [7, 11) is 0. The first kappa shape index (κ1) is 26.7. The summed E-state index contributed by atoms with van der Waals surface area (Å²) < 4.78 is 11.4. The van der Waals surface area contributed by atoms with Crippen LogP contribution in [0.2, 0.25) is 0 Å². The van der Waals surface area contributed by atoms with E-state index in [1.165, 1.54) is 0 Å². The summed E-state index contributed by atoms with van der Waals surface area (Å²) >= 11 is 0. The number of carbonyl (C=O) groups is 2. The van der Waals surface area contributed by atoms with E-state index >= 15 is 0 Å². The van der Waals surface area contributed by atoms with Crippen LogP contribution in [0.25, 0.3) is 0 Å². The van der Waals surface area contributed by atoms with Crippen molar-refractivity contribution < 1.29 is 19.1 Å². The van der Waals surface area contributed by atoms with Crippen molar-refractivity contribution in [2.24, 2.45) is 5.92 Å². The molecule has 0 radical (unpaired) electrons. The summed E-state index contributed by atoms with van der Waals surface area (Å²) in [5.41, 5.74) is 0.536. The largest absolute Gasteiger partial charge is 0.462 e. The van der Waals surface area contributed by atoms with Crippen molar-refractivity contribution in [1.29, 1.82) is 0 Å². The highest BCUT2D eigenvalue weighted by Crippen LogP contribution is 2.19. The second-order valence-corrected chi connectivity index (χ2v) is 7.98. The number of hydrogen-bond donors (Lipinski definition) is 0. The zero-order chi connectivity index (χ0) is 22.9. The minimum atomic E-state index is -0.473. The van der Waals surface area contributed by atoms with Gasteiger partial charge in [-0.15, -0.1) is 0 Å². The van der Waals surface area contributed by atoms with Crippen molar-refractivity contribution in [2.45, 2.75) is 84.7 Å². The number of ether oxygens (including phenoxy) is 2. The Morgan fingerprint density at radius 2 is 1.65 bits per heavy atom. The Morgan fingerprint density at radius 3 is 2.26 bits per heavy atom. The summed E-state index contributed by atoms with van der Waals surface area (Å²) in [5.74, 6) is -0.585. The lowest BCUT2D eigenvalue weighted by atomic mass is 10.0. The molecule has 1 rings (SSSR count). The number of esters is 2. The second-order valence-electron chi connectivity index (χ2n) is 7.98. The molecule has 0 amide bonds. The van der Waals surface area contributed by atoms with Crippen LogP contribution in [0.3, 0.4) is 0 Å². The molecule has 0 fully saturated rings. The smallest absolute Gasteiger partial charge is 0.339 e. The molecule has 0 aliphatic heterocycles. The van der Waals surface area contributed by atoms with E-state index in [9.17, 15) is 9.59 Å². The third-order valence-corrected chi connectivity index (χ3v) is 5.43. The maximum Gasteiger partial charge on any atom is 0.339 e. The molecule has 0 saturated carbocycles. The lowest BCUT2D eigenvalue weighted by molar-refractivity contribution is 0.0269. The summed E-state index contributed by atoms with van der Waals surface area (Å²) in [6.45, 7) is 10.5. The van der Waals surface area contributed by atoms with Gasteiger partial charge in [0.1, 0.15) is 6.10 Å². The Labute approximate surface area is 188 Å². The highest BCUT2D eigenvalue weighted by molar-refractivity contribution is 6.03. The first-order valence-electron chi connectivity index (χ1n) is 11.8. The van der Waals surface area contributed by atoms with Crippen molar-refractivity contribution in [3.05, 3.63) is 60.2 Å². The van der Waals surface area contributed by atoms with Gasteiger partial charge in [-0.3, -0.25) is 0 Å². The van der Waals surface area contributed by atoms with Gasteiger partial charge in [0.25, 0.3) is 0 Å². The fraction of sp³-hybridized carbons (Fsp3) is 0.556. The van der Waals surface area contributed by atoms with Crippen LogP contribution < -0.4 is 0 Å². The van der Waals surface area contributed by atoms with Gasteiger partial charge in [-0.25, -0.2) is 9.59 Å². The lowest BCUT2D eigenvalue weighted by Gasteiger charge is -2.18. The molecular weight excluding hydrogens is 388 g/mol. The van der Waals surface area contributed by atoms with Gasteiger partial charge in [-0.05, 0) is 37.3 Å². The molecule has 172 valence electrons. The topological polar surface area (TPSA) is 52.6 Å². The van der Waals surface area contributed by atoms with E-state index in [4.69, 9.17) is 9.47 Å². The van der Waals surface area contributed by atoms with E-state index in [0.29, 0.717) is 18.9 Å². The van der Waals surface area contributed by atoms with Crippen molar-refractivity contribution in [3.8, 4) is 0 Å². The molecule has 4 heteroatoms. The lowest BCUT2D eigenvalue weighted by Crippen LogP contribution is -2.21. The SMILES string of the molecule is C=C/C=C/CC(CCCCC)OC(=O)c1ccccc1C(=O)OCC(CC)CCCC. The van der Waals surface area contributed by atoms with Crippen molar-refractivity contribution in [2.75, 3.05) is 6.61 Å². The van der Waals surface area contributed by atoms with E-state index in [1.54, 1.807) is 30.3 Å². The van der Waals surface area contributed by atoms with Crippen molar-refractivity contribution >= 4 is 11.9 Å². The van der Waals surface area contributed by atoms with Crippen molar-refractivity contribution in [1.82, 2.24) is 0 Å². The predicted octanol–water partition coefficient (Wildman–Crippen LogP) is 7.30. The molecule has 0 spiro atoms. The number of allylic oxidation sites excluding steroid dienone is 2. The molecule has 0 N–H and O–H groups in total. The molecule has 0 aliphatic rings. The Hall–Kier alpha value is -2.36. The minimum absolute atomic E-state index is 0.224. The van der Waals surface area contributed by atoms with Crippen LogP contribution in [-0.4, -0.2) is 24.6 Å². The van der Waals surface area contributed by atoms with Crippen LogP contribution in [0.1, 0.15) is 99.3 Å². The summed E-state index contributed by atoms with van der Waals surface area (Å²) in [4.78, 5) is 25.6. The van der Waals surface area contributed by atoms with Gasteiger partial charge in [0.15, 0.2) is 0 Å². The summed E-state index contributed by atoms with van der Waals surface area (Å²) in [6.07, 6.45) is 14.2. The van der Waals surface area contributed by atoms with Gasteiger partial charge < -0.3 is 9.47 Å². The summed E-state index contributed by atoms with van der Waals surface area (Å²) in [6, 6.07) is 6.76.